The first kappa shape index (κ1) is 13.9. The van der Waals surface area contributed by atoms with Crippen LogP contribution in [-0.2, 0) is 0 Å². The minimum atomic E-state index is -0.0267. The van der Waals surface area contributed by atoms with Crippen molar-refractivity contribution in [3.05, 3.63) is 52.0 Å². The molecule has 0 aliphatic rings. The second-order valence-electron chi connectivity index (χ2n) is 4.59. The van der Waals surface area contributed by atoms with E-state index in [1.54, 1.807) is 18.2 Å². The molecule has 2 aromatic carbocycles. The predicted octanol–water partition coefficient (Wildman–Crippen LogP) is 5.90. The van der Waals surface area contributed by atoms with Crippen molar-refractivity contribution in [2.75, 3.05) is 0 Å². The highest BCUT2D eigenvalue weighted by atomic mass is 35.5. The van der Waals surface area contributed by atoms with Gasteiger partial charge >= 0.3 is 0 Å². The van der Waals surface area contributed by atoms with Gasteiger partial charge in [-0.1, -0.05) is 47.5 Å². The maximum absolute atomic E-state index is 9.99. The summed E-state index contributed by atoms with van der Waals surface area (Å²) < 4.78 is 0. The molecule has 4 nitrogen and oxygen atoms in total. The Labute approximate surface area is 131 Å². The Kier molecular flexibility index (Phi) is 3.57. The van der Waals surface area contributed by atoms with Crippen molar-refractivity contribution < 1.29 is 5.11 Å². The molecule has 0 saturated carbocycles. The number of halogens is 2. The molecule has 3 aromatic rings. The number of nitrogens with one attached hydrogen (secondary N) is 1. The average Bonchev–Trinajstić information content (AvgIpc) is 2.78. The zero-order valence-electron chi connectivity index (χ0n) is 11.1. The molecule has 0 bridgehead atoms. The van der Waals surface area contributed by atoms with E-state index in [9.17, 15) is 5.11 Å². The highest BCUT2D eigenvalue weighted by Gasteiger charge is 2.12. The van der Waals surface area contributed by atoms with Gasteiger partial charge in [-0.15, -0.1) is 10.2 Å². The number of benzene rings is 2. The summed E-state index contributed by atoms with van der Waals surface area (Å²) in [6.07, 6.45) is 0. The van der Waals surface area contributed by atoms with Crippen LogP contribution in [0.15, 0.2) is 46.6 Å². The van der Waals surface area contributed by atoms with E-state index in [2.05, 4.69) is 15.2 Å². The van der Waals surface area contributed by atoms with Crippen LogP contribution in [0.1, 0.15) is 5.56 Å². The molecular weight excluding hydrogens is 309 g/mol. The quantitative estimate of drug-likeness (QED) is 0.567. The summed E-state index contributed by atoms with van der Waals surface area (Å²) in [7, 11) is 0. The molecule has 0 radical (unpaired) electrons. The number of fused-ring (bicyclic) bond motifs is 1. The summed E-state index contributed by atoms with van der Waals surface area (Å²) in [5, 5.41) is 19.7. The van der Waals surface area contributed by atoms with Gasteiger partial charge in [0.2, 0.25) is 5.88 Å². The number of aromatic hydroxyl groups is 1. The van der Waals surface area contributed by atoms with Gasteiger partial charge in [-0.2, -0.15) is 0 Å². The number of aryl methyl sites for hydroxylation is 1. The van der Waals surface area contributed by atoms with Gasteiger partial charge in [-0.05, 0) is 24.6 Å². The predicted molar refractivity (Wildman–Crippen MR) is 85.3 cm³/mol. The van der Waals surface area contributed by atoms with E-state index in [1.807, 2.05) is 25.1 Å². The molecule has 0 spiro atoms. The highest BCUT2D eigenvalue weighted by molar-refractivity contribution is 6.43. The maximum atomic E-state index is 9.99. The van der Waals surface area contributed by atoms with Crippen molar-refractivity contribution in [1.82, 2.24) is 4.98 Å². The van der Waals surface area contributed by atoms with Gasteiger partial charge in [0.05, 0.1) is 15.6 Å². The number of hydrogen-bond donors (Lipinski definition) is 2. The Balaban J connectivity index is 2.10. The van der Waals surface area contributed by atoms with Crippen LogP contribution in [0.5, 0.6) is 5.88 Å². The van der Waals surface area contributed by atoms with Crippen molar-refractivity contribution in [3.8, 4) is 5.88 Å². The van der Waals surface area contributed by atoms with Crippen LogP contribution in [0.3, 0.4) is 0 Å². The normalized spacial score (nSPS) is 11.6. The van der Waals surface area contributed by atoms with Gasteiger partial charge in [0.1, 0.15) is 5.69 Å². The summed E-state index contributed by atoms with van der Waals surface area (Å²) >= 11 is 12.0. The first-order valence-electron chi connectivity index (χ1n) is 6.24. The molecule has 6 heteroatoms. The summed E-state index contributed by atoms with van der Waals surface area (Å²) in [5.41, 5.74) is 2.68. The third kappa shape index (κ3) is 2.48. The third-order valence-corrected chi connectivity index (χ3v) is 3.99. The van der Waals surface area contributed by atoms with Crippen LogP contribution in [0, 0.1) is 6.92 Å². The lowest BCUT2D eigenvalue weighted by Crippen LogP contribution is -1.73. The van der Waals surface area contributed by atoms with Gasteiger partial charge in [-0.3, -0.25) is 0 Å². The lowest BCUT2D eigenvalue weighted by atomic mass is 10.1. The third-order valence-electron chi connectivity index (χ3n) is 3.18. The molecule has 2 N–H and O–H groups in total. The number of aromatic amines is 1. The summed E-state index contributed by atoms with van der Waals surface area (Å²) in [4.78, 5) is 2.90. The molecule has 0 amide bonds. The van der Waals surface area contributed by atoms with E-state index in [4.69, 9.17) is 23.2 Å². The minimum absolute atomic E-state index is 0.0267. The molecule has 0 aliphatic heterocycles. The SMILES string of the molecule is Cc1cccc2c(N=Nc3cccc(Cl)c3Cl)c(O)[nH]c12. The Hall–Kier alpha value is -2.04. The summed E-state index contributed by atoms with van der Waals surface area (Å²) in [6.45, 7) is 1.95. The fourth-order valence-corrected chi connectivity index (χ4v) is 2.44. The zero-order valence-corrected chi connectivity index (χ0v) is 12.6. The second-order valence-corrected chi connectivity index (χ2v) is 5.38. The van der Waals surface area contributed by atoms with Crippen LogP contribution >= 0.6 is 23.2 Å². The maximum Gasteiger partial charge on any atom is 0.218 e. The number of nitrogens with zero attached hydrogens (tertiary/aromatic N) is 2. The fraction of sp³-hybridized carbons (Fsp3) is 0.0667. The summed E-state index contributed by atoms with van der Waals surface area (Å²) in [5.74, 6) is -0.0267. The first-order valence-corrected chi connectivity index (χ1v) is 6.99. The van der Waals surface area contributed by atoms with Crippen LogP contribution in [0.25, 0.3) is 10.9 Å². The standard InChI is InChI=1S/C15H11Cl2N3O/c1-8-4-2-5-9-13(8)18-15(21)14(9)20-19-11-7-3-6-10(16)12(11)17/h2-7,18,21H,1H3. The van der Waals surface area contributed by atoms with E-state index in [1.165, 1.54) is 0 Å². The molecule has 0 fully saturated rings. The van der Waals surface area contributed by atoms with Crippen LogP contribution in [0.2, 0.25) is 10.0 Å². The summed E-state index contributed by atoms with van der Waals surface area (Å²) in [6, 6.07) is 10.8. The number of H-pyrrole nitrogens is 1. The fourth-order valence-electron chi connectivity index (χ4n) is 2.11. The van der Waals surface area contributed by atoms with Crippen LogP contribution < -0.4 is 0 Å². The van der Waals surface area contributed by atoms with E-state index in [0.29, 0.717) is 21.4 Å². The Morgan fingerprint density at radius 3 is 2.62 bits per heavy atom. The van der Waals surface area contributed by atoms with Crippen molar-refractivity contribution in [2.45, 2.75) is 6.92 Å². The lowest BCUT2D eigenvalue weighted by Gasteiger charge is -1.98. The monoisotopic (exact) mass is 319 g/mol. The molecule has 1 heterocycles. The number of hydrogen-bond acceptors (Lipinski definition) is 3. The molecule has 0 aliphatic carbocycles. The molecule has 0 saturated heterocycles. The number of aromatic nitrogens is 1. The smallest absolute Gasteiger partial charge is 0.218 e. The lowest BCUT2D eigenvalue weighted by molar-refractivity contribution is 0.459. The van der Waals surface area contributed by atoms with Crippen molar-refractivity contribution in [1.29, 1.82) is 0 Å². The van der Waals surface area contributed by atoms with E-state index >= 15 is 0 Å². The van der Waals surface area contributed by atoms with Gasteiger partial charge in [0, 0.05) is 5.39 Å². The molecule has 1 aromatic heterocycles. The second kappa shape index (κ2) is 5.39. The molecule has 106 valence electrons. The molecule has 21 heavy (non-hydrogen) atoms. The Morgan fingerprint density at radius 1 is 1.05 bits per heavy atom. The molecule has 0 atom stereocenters. The topological polar surface area (TPSA) is 60.7 Å². The minimum Gasteiger partial charge on any atom is -0.493 e. The zero-order chi connectivity index (χ0) is 15.0. The van der Waals surface area contributed by atoms with E-state index in [-0.39, 0.29) is 5.88 Å². The van der Waals surface area contributed by atoms with Gasteiger partial charge in [-0.25, -0.2) is 0 Å². The van der Waals surface area contributed by atoms with Crippen LogP contribution in [0.4, 0.5) is 11.4 Å². The van der Waals surface area contributed by atoms with Crippen LogP contribution in [-0.4, -0.2) is 10.1 Å². The van der Waals surface area contributed by atoms with Crippen molar-refractivity contribution >= 4 is 45.5 Å². The van der Waals surface area contributed by atoms with Gasteiger partial charge in [0.25, 0.3) is 0 Å². The number of para-hydroxylation sites is 1. The average molecular weight is 320 g/mol. The van der Waals surface area contributed by atoms with Gasteiger partial charge in [0.15, 0.2) is 5.69 Å². The Bertz CT molecular complexity index is 855. The van der Waals surface area contributed by atoms with Gasteiger partial charge < -0.3 is 10.1 Å². The highest BCUT2D eigenvalue weighted by Crippen LogP contribution is 2.39. The number of rotatable bonds is 2. The Morgan fingerprint density at radius 2 is 1.81 bits per heavy atom. The largest absolute Gasteiger partial charge is 0.493 e. The van der Waals surface area contributed by atoms with Crippen molar-refractivity contribution in [2.24, 2.45) is 10.2 Å². The molecule has 0 unspecified atom stereocenters. The van der Waals surface area contributed by atoms with E-state index in [0.717, 1.165) is 16.5 Å². The number of azo groups is 1. The first-order chi connectivity index (χ1) is 10.1. The molecular formula is C15H11Cl2N3O. The van der Waals surface area contributed by atoms with E-state index < -0.39 is 0 Å². The molecule has 3 rings (SSSR count). The van der Waals surface area contributed by atoms with Crippen molar-refractivity contribution in [3.63, 3.8) is 0 Å².